The van der Waals surface area contributed by atoms with Crippen LogP contribution in [0.2, 0.25) is 0 Å². The molecule has 7 heteroatoms. The molecule has 2 aromatic rings. The number of nitrogens with zero attached hydrogens (tertiary/aromatic N) is 2. The summed E-state index contributed by atoms with van der Waals surface area (Å²) >= 11 is 0. The summed E-state index contributed by atoms with van der Waals surface area (Å²) < 4.78 is 27.6. The van der Waals surface area contributed by atoms with Crippen molar-refractivity contribution in [3.63, 3.8) is 0 Å². The van der Waals surface area contributed by atoms with Gasteiger partial charge in [-0.3, -0.25) is 14.4 Å². The van der Waals surface area contributed by atoms with Gasteiger partial charge in [-0.1, -0.05) is 31.2 Å². The van der Waals surface area contributed by atoms with Crippen molar-refractivity contribution >= 4 is 21.4 Å². The first-order valence-corrected chi connectivity index (χ1v) is 9.21. The Bertz CT molecular complexity index is 880. The first-order chi connectivity index (χ1) is 11.4. The molecule has 1 aliphatic heterocycles. The lowest BCUT2D eigenvalue weighted by Gasteiger charge is -2.25. The standard InChI is InChI=1S/C17H18N2O4S/c1-13-6-5-11-18(17-10-3-2-9-16(13)17)24(22,23)15-8-4-7-14(12-15)19(20)21/h2-4,7-10,12-13H,5-6,11H2,1H3. The van der Waals surface area contributed by atoms with Gasteiger partial charge in [0.25, 0.3) is 15.7 Å². The topological polar surface area (TPSA) is 80.5 Å². The molecule has 0 amide bonds. The van der Waals surface area contributed by atoms with Gasteiger partial charge in [-0.2, -0.15) is 0 Å². The Balaban J connectivity index is 2.11. The van der Waals surface area contributed by atoms with E-state index in [-0.39, 0.29) is 16.5 Å². The van der Waals surface area contributed by atoms with Gasteiger partial charge in [0.15, 0.2) is 0 Å². The van der Waals surface area contributed by atoms with Gasteiger partial charge in [0.2, 0.25) is 0 Å². The first-order valence-electron chi connectivity index (χ1n) is 7.77. The molecule has 0 bridgehead atoms. The number of hydrogen-bond donors (Lipinski definition) is 0. The van der Waals surface area contributed by atoms with Gasteiger partial charge in [0.1, 0.15) is 0 Å². The Hall–Kier alpha value is -2.41. The molecule has 0 N–H and O–H groups in total. The summed E-state index contributed by atoms with van der Waals surface area (Å²) in [6, 6.07) is 12.7. The summed E-state index contributed by atoms with van der Waals surface area (Å²) in [7, 11) is -3.85. The monoisotopic (exact) mass is 346 g/mol. The Morgan fingerprint density at radius 1 is 1.17 bits per heavy atom. The molecule has 0 aromatic heterocycles. The Kier molecular flexibility index (Phi) is 4.28. The van der Waals surface area contributed by atoms with Crippen molar-refractivity contribution in [2.75, 3.05) is 10.8 Å². The molecular weight excluding hydrogens is 328 g/mol. The minimum atomic E-state index is -3.85. The van der Waals surface area contributed by atoms with Crippen LogP contribution in [0, 0.1) is 10.1 Å². The maximum Gasteiger partial charge on any atom is 0.270 e. The largest absolute Gasteiger partial charge is 0.270 e. The lowest BCUT2D eigenvalue weighted by Crippen LogP contribution is -2.31. The molecule has 1 aliphatic rings. The highest BCUT2D eigenvalue weighted by molar-refractivity contribution is 7.92. The van der Waals surface area contributed by atoms with Crippen molar-refractivity contribution in [1.82, 2.24) is 0 Å². The predicted molar refractivity (Wildman–Crippen MR) is 91.7 cm³/mol. The highest BCUT2D eigenvalue weighted by Crippen LogP contribution is 2.37. The van der Waals surface area contributed by atoms with Crippen molar-refractivity contribution in [2.45, 2.75) is 30.6 Å². The fourth-order valence-electron chi connectivity index (χ4n) is 3.08. The minimum Gasteiger partial charge on any atom is -0.266 e. The first kappa shape index (κ1) is 16.4. The van der Waals surface area contributed by atoms with Crippen LogP contribution in [0.3, 0.4) is 0 Å². The summed E-state index contributed by atoms with van der Waals surface area (Å²) in [5.41, 5.74) is 1.42. The van der Waals surface area contributed by atoms with Crippen LogP contribution < -0.4 is 4.31 Å². The van der Waals surface area contributed by atoms with E-state index in [2.05, 4.69) is 6.92 Å². The summed E-state index contributed by atoms with van der Waals surface area (Å²) in [5, 5.41) is 10.9. The van der Waals surface area contributed by atoms with Crippen molar-refractivity contribution in [1.29, 1.82) is 0 Å². The Morgan fingerprint density at radius 2 is 1.92 bits per heavy atom. The molecule has 1 unspecified atom stereocenters. The number of anilines is 1. The third-order valence-corrected chi connectivity index (χ3v) is 6.16. The molecule has 1 heterocycles. The normalized spacial score (nSPS) is 17.9. The number of nitro groups is 1. The molecule has 1 atom stereocenters. The number of rotatable bonds is 3. The highest BCUT2D eigenvalue weighted by Gasteiger charge is 2.30. The van der Waals surface area contributed by atoms with E-state index in [4.69, 9.17) is 0 Å². The number of nitro benzene ring substituents is 1. The van der Waals surface area contributed by atoms with Gasteiger partial charge in [0, 0.05) is 18.7 Å². The quantitative estimate of drug-likeness (QED) is 0.627. The average Bonchev–Trinajstić information content (AvgIpc) is 2.75. The summed E-state index contributed by atoms with van der Waals surface area (Å²) in [6.45, 7) is 2.45. The number of benzene rings is 2. The van der Waals surface area contributed by atoms with Crippen LogP contribution in [-0.4, -0.2) is 19.9 Å². The summed E-state index contributed by atoms with van der Waals surface area (Å²) in [4.78, 5) is 10.3. The van der Waals surface area contributed by atoms with E-state index in [0.717, 1.165) is 24.5 Å². The second-order valence-corrected chi connectivity index (χ2v) is 7.80. The van der Waals surface area contributed by atoms with Crippen LogP contribution in [-0.2, 0) is 10.0 Å². The van der Waals surface area contributed by atoms with Crippen molar-refractivity contribution in [3.8, 4) is 0 Å². The molecule has 126 valence electrons. The van der Waals surface area contributed by atoms with Gasteiger partial charge < -0.3 is 0 Å². The maximum atomic E-state index is 13.1. The van der Waals surface area contributed by atoms with E-state index in [9.17, 15) is 18.5 Å². The van der Waals surface area contributed by atoms with Crippen LogP contribution >= 0.6 is 0 Å². The Morgan fingerprint density at radius 3 is 2.67 bits per heavy atom. The molecule has 24 heavy (non-hydrogen) atoms. The predicted octanol–water partition coefficient (Wildman–Crippen LogP) is 3.69. The minimum absolute atomic E-state index is 0.0546. The number of sulfonamides is 1. The number of fused-ring (bicyclic) bond motifs is 1. The third kappa shape index (κ3) is 2.87. The highest BCUT2D eigenvalue weighted by atomic mass is 32.2. The molecule has 0 aliphatic carbocycles. The van der Waals surface area contributed by atoms with E-state index < -0.39 is 14.9 Å². The number of non-ortho nitro benzene ring substituents is 1. The number of hydrogen-bond acceptors (Lipinski definition) is 4. The fraction of sp³-hybridized carbons (Fsp3) is 0.294. The molecule has 0 saturated carbocycles. The van der Waals surface area contributed by atoms with E-state index in [1.165, 1.54) is 22.5 Å². The Labute approximate surface area is 140 Å². The van der Waals surface area contributed by atoms with Gasteiger partial charge in [-0.05, 0) is 36.5 Å². The van der Waals surface area contributed by atoms with Crippen LogP contribution in [0.15, 0.2) is 53.4 Å². The molecule has 6 nitrogen and oxygen atoms in total. The third-order valence-electron chi connectivity index (χ3n) is 4.35. The smallest absolute Gasteiger partial charge is 0.266 e. The van der Waals surface area contributed by atoms with E-state index in [0.29, 0.717) is 12.2 Å². The van der Waals surface area contributed by atoms with E-state index >= 15 is 0 Å². The average molecular weight is 346 g/mol. The molecule has 0 radical (unpaired) electrons. The SMILES string of the molecule is CC1CCCN(S(=O)(=O)c2cccc([N+](=O)[O-])c2)c2ccccc21. The lowest BCUT2D eigenvalue weighted by atomic mass is 9.96. The van der Waals surface area contributed by atoms with E-state index in [1.54, 1.807) is 6.07 Å². The zero-order valence-electron chi connectivity index (χ0n) is 13.3. The van der Waals surface area contributed by atoms with Crippen molar-refractivity contribution in [2.24, 2.45) is 0 Å². The second-order valence-electron chi connectivity index (χ2n) is 5.93. The van der Waals surface area contributed by atoms with Crippen LogP contribution in [0.25, 0.3) is 0 Å². The molecule has 3 rings (SSSR count). The summed E-state index contributed by atoms with van der Waals surface area (Å²) in [6.07, 6.45) is 1.64. The summed E-state index contributed by atoms with van der Waals surface area (Å²) in [5.74, 6) is 0.270. The van der Waals surface area contributed by atoms with Crippen LogP contribution in [0.4, 0.5) is 11.4 Å². The molecule has 0 spiro atoms. The van der Waals surface area contributed by atoms with Gasteiger partial charge in [0.05, 0.1) is 15.5 Å². The number of para-hydroxylation sites is 1. The zero-order chi connectivity index (χ0) is 17.3. The molecular formula is C17H18N2O4S. The van der Waals surface area contributed by atoms with Gasteiger partial charge >= 0.3 is 0 Å². The van der Waals surface area contributed by atoms with Gasteiger partial charge in [-0.25, -0.2) is 8.42 Å². The molecule has 0 saturated heterocycles. The van der Waals surface area contributed by atoms with Crippen molar-refractivity contribution < 1.29 is 13.3 Å². The van der Waals surface area contributed by atoms with Gasteiger partial charge in [-0.15, -0.1) is 0 Å². The molecule has 2 aromatic carbocycles. The van der Waals surface area contributed by atoms with Crippen LogP contribution in [0.1, 0.15) is 31.2 Å². The van der Waals surface area contributed by atoms with E-state index in [1.807, 2.05) is 18.2 Å². The second kappa shape index (κ2) is 6.24. The van der Waals surface area contributed by atoms with Crippen molar-refractivity contribution in [3.05, 3.63) is 64.2 Å². The zero-order valence-corrected chi connectivity index (χ0v) is 14.1. The molecule has 0 fully saturated rings. The maximum absolute atomic E-state index is 13.1. The fourth-order valence-corrected chi connectivity index (χ4v) is 4.65. The van der Waals surface area contributed by atoms with Crippen LogP contribution in [0.5, 0.6) is 0 Å². The lowest BCUT2D eigenvalue weighted by molar-refractivity contribution is -0.385.